The Morgan fingerprint density at radius 2 is 2.15 bits per heavy atom. The highest BCUT2D eigenvalue weighted by Crippen LogP contribution is 2.00. The van der Waals surface area contributed by atoms with Crippen LogP contribution in [0.5, 0.6) is 0 Å². The number of thiocarbonyl (C=S) groups is 1. The van der Waals surface area contributed by atoms with E-state index in [0.29, 0.717) is 10.9 Å². The maximum atomic E-state index is 11.1. The molecule has 0 bridgehead atoms. The third kappa shape index (κ3) is 5.00. The van der Waals surface area contributed by atoms with Gasteiger partial charge in [-0.1, -0.05) is 4.32 Å². The molecule has 0 amide bonds. The van der Waals surface area contributed by atoms with Crippen molar-refractivity contribution in [3.8, 4) is 0 Å². The highest BCUT2D eigenvalue weighted by atomic mass is 32.1. The van der Waals surface area contributed by atoms with Gasteiger partial charge in [0.25, 0.3) is 0 Å². The molecule has 0 N–H and O–H groups in total. The molecule has 0 aliphatic heterocycles. The second kappa shape index (κ2) is 6.10. The Morgan fingerprint density at radius 1 is 1.62 bits per heavy atom. The monoisotopic (exact) mass is 220 g/mol. The number of carbonyl (C=O) groups is 1. The first kappa shape index (κ1) is 12.6. The lowest BCUT2D eigenvalue weighted by Gasteiger charge is -2.31. The molecule has 76 valence electrons. The Balaban J connectivity index is 4.10. The van der Waals surface area contributed by atoms with E-state index in [-0.39, 0.29) is 18.6 Å². The van der Waals surface area contributed by atoms with Gasteiger partial charge in [-0.3, -0.25) is 4.79 Å². The van der Waals surface area contributed by atoms with Gasteiger partial charge in [-0.2, -0.15) is 0 Å². The molecule has 3 nitrogen and oxygen atoms in total. The Bertz CT molecular complexity index is 195. The molecular formula is C8H14NO2S2-. The fraction of sp³-hybridized carbons (Fsp3) is 0.750. The molecule has 0 radical (unpaired) electrons. The molecule has 0 aliphatic carbocycles. The number of hydrogen-bond donors (Lipinski definition) is 0. The smallest absolute Gasteiger partial charge is 0.325 e. The van der Waals surface area contributed by atoms with Crippen LogP contribution in [-0.4, -0.2) is 34.4 Å². The van der Waals surface area contributed by atoms with E-state index in [1.807, 2.05) is 13.8 Å². The molecule has 0 atom stereocenters. The summed E-state index contributed by atoms with van der Waals surface area (Å²) in [7, 11) is 0. The molecule has 0 saturated carbocycles. The summed E-state index contributed by atoms with van der Waals surface area (Å²) in [5.41, 5.74) is 0. The highest BCUT2D eigenvalue weighted by molar-refractivity contribution is 8.00. The third-order valence-electron chi connectivity index (χ3n) is 1.46. The van der Waals surface area contributed by atoms with Gasteiger partial charge in [0.15, 0.2) is 0 Å². The number of carbonyl (C=O) groups excluding carboxylic acids is 1. The average molecular weight is 220 g/mol. The van der Waals surface area contributed by atoms with E-state index in [1.54, 1.807) is 11.8 Å². The van der Waals surface area contributed by atoms with Crippen molar-refractivity contribution in [2.75, 3.05) is 13.2 Å². The van der Waals surface area contributed by atoms with Crippen molar-refractivity contribution >= 4 is 35.1 Å². The Kier molecular flexibility index (Phi) is 5.90. The molecule has 0 heterocycles. The first-order valence-corrected chi connectivity index (χ1v) is 4.94. The molecule has 0 aromatic rings. The van der Waals surface area contributed by atoms with Gasteiger partial charge in [0.05, 0.1) is 6.61 Å². The van der Waals surface area contributed by atoms with E-state index < -0.39 is 0 Å². The number of esters is 1. The Hall–Kier alpha value is -0.420. The van der Waals surface area contributed by atoms with E-state index >= 15 is 0 Å². The predicted molar refractivity (Wildman–Crippen MR) is 58.4 cm³/mol. The number of rotatable bonds is 4. The zero-order valence-corrected chi connectivity index (χ0v) is 9.70. The van der Waals surface area contributed by atoms with E-state index in [4.69, 9.17) is 29.6 Å². The fourth-order valence-corrected chi connectivity index (χ4v) is 1.35. The standard InChI is InChI=1S/C8H15NO2S2/c1-4-11-7(10)5-9(6(2)3)8(12)13/h6H,4-5H2,1-3H3,(H,12,13)/p-1. The molecule has 13 heavy (non-hydrogen) atoms. The van der Waals surface area contributed by atoms with Gasteiger partial charge < -0.3 is 34.5 Å². The second-order valence-corrected chi connectivity index (χ2v) is 3.82. The van der Waals surface area contributed by atoms with Crippen molar-refractivity contribution in [1.29, 1.82) is 0 Å². The largest absolute Gasteiger partial charge is 0.465 e. The number of ether oxygens (including phenoxy) is 1. The van der Waals surface area contributed by atoms with Crippen molar-refractivity contribution in [2.45, 2.75) is 26.8 Å². The summed E-state index contributed by atoms with van der Waals surface area (Å²) in [5.74, 6) is -0.289. The van der Waals surface area contributed by atoms with Gasteiger partial charge in [0, 0.05) is 6.04 Å². The molecule has 0 aliphatic rings. The fourth-order valence-electron chi connectivity index (χ4n) is 0.804. The molecular weight excluding hydrogens is 206 g/mol. The van der Waals surface area contributed by atoms with E-state index in [0.717, 1.165) is 0 Å². The first-order chi connectivity index (χ1) is 5.99. The molecule has 0 unspecified atom stereocenters. The third-order valence-corrected chi connectivity index (χ3v) is 1.93. The highest BCUT2D eigenvalue weighted by Gasteiger charge is 2.11. The molecule has 0 rings (SSSR count). The topological polar surface area (TPSA) is 29.5 Å². The quantitative estimate of drug-likeness (QED) is 0.402. The van der Waals surface area contributed by atoms with Crippen LogP contribution in [0.1, 0.15) is 20.8 Å². The first-order valence-electron chi connectivity index (χ1n) is 4.12. The van der Waals surface area contributed by atoms with Crippen LogP contribution in [0.4, 0.5) is 0 Å². The van der Waals surface area contributed by atoms with Crippen LogP contribution in [0.2, 0.25) is 0 Å². The van der Waals surface area contributed by atoms with Gasteiger partial charge in [0.2, 0.25) is 0 Å². The van der Waals surface area contributed by atoms with Crippen molar-refractivity contribution in [3.63, 3.8) is 0 Å². The SMILES string of the molecule is CCOC(=O)CN(C(=S)[S-])C(C)C. The lowest BCUT2D eigenvalue weighted by Crippen LogP contribution is -2.39. The summed E-state index contributed by atoms with van der Waals surface area (Å²) in [4.78, 5) is 12.7. The molecule has 0 aromatic heterocycles. The van der Waals surface area contributed by atoms with Crippen LogP contribution in [0.3, 0.4) is 0 Å². The van der Waals surface area contributed by atoms with Crippen LogP contribution >= 0.6 is 12.2 Å². The maximum Gasteiger partial charge on any atom is 0.325 e. The van der Waals surface area contributed by atoms with E-state index in [1.165, 1.54) is 0 Å². The lowest BCUT2D eigenvalue weighted by atomic mass is 10.3. The summed E-state index contributed by atoms with van der Waals surface area (Å²) in [6.45, 7) is 6.15. The molecule has 0 spiro atoms. The van der Waals surface area contributed by atoms with Gasteiger partial charge in [-0.05, 0) is 20.8 Å². The number of nitrogens with zero attached hydrogens (tertiary/aromatic N) is 1. The maximum absolute atomic E-state index is 11.1. The van der Waals surface area contributed by atoms with Crippen LogP contribution in [0.15, 0.2) is 0 Å². The van der Waals surface area contributed by atoms with Crippen molar-refractivity contribution in [2.24, 2.45) is 0 Å². The lowest BCUT2D eigenvalue weighted by molar-refractivity contribution is -0.143. The van der Waals surface area contributed by atoms with E-state index in [2.05, 4.69) is 0 Å². The minimum atomic E-state index is -0.289. The summed E-state index contributed by atoms with van der Waals surface area (Å²) >= 11 is 9.66. The van der Waals surface area contributed by atoms with Gasteiger partial charge in [-0.15, -0.1) is 0 Å². The molecule has 0 saturated heterocycles. The zero-order valence-electron chi connectivity index (χ0n) is 8.07. The van der Waals surface area contributed by atoms with Crippen LogP contribution in [0, 0.1) is 0 Å². The van der Waals surface area contributed by atoms with Crippen LogP contribution in [-0.2, 0) is 22.2 Å². The zero-order chi connectivity index (χ0) is 10.4. The molecule has 5 heteroatoms. The van der Waals surface area contributed by atoms with Gasteiger partial charge in [-0.25, -0.2) is 0 Å². The average Bonchev–Trinajstić information content (AvgIpc) is 1.99. The normalized spacial score (nSPS) is 9.85. The minimum Gasteiger partial charge on any atom is -0.465 e. The Morgan fingerprint density at radius 3 is 2.46 bits per heavy atom. The second-order valence-electron chi connectivity index (χ2n) is 2.79. The Labute approximate surface area is 89.8 Å². The van der Waals surface area contributed by atoms with Crippen LogP contribution < -0.4 is 0 Å². The predicted octanol–water partition coefficient (Wildman–Crippen LogP) is 1.09. The summed E-state index contributed by atoms with van der Waals surface area (Å²) in [6.07, 6.45) is 0. The van der Waals surface area contributed by atoms with Crippen molar-refractivity contribution in [1.82, 2.24) is 4.90 Å². The van der Waals surface area contributed by atoms with Gasteiger partial charge >= 0.3 is 5.97 Å². The molecule has 0 aromatic carbocycles. The van der Waals surface area contributed by atoms with Gasteiger partial charge in [0.1, 0.15) is 6.54 Å². The van der Waals surface area contributed by atoms with Crippen molar-refractivity contribution in [3.05, 3.63) is 0 Å². The molecule has 0 fully saturated rings. The van der Waals surface area contributed by atoms with Crippen LogP contribution in [0.25, 0.3) is 0 Å². The van der Waals surface area contributed by atoms with E-state index in [9.17, 15) is 4.79 Å². The minimum absolute atomic E-state index is 0.134. The van der Waals surface area contributed by atoms with Crippen molar-refractivity contribution < 1.29 is 9.53 Å². The summed E-state index contributed by atoms with van der Waals surface area (Å²) < 4.78 is 5.09. The number of hydrogen-bond acceptors (Lipinski definition) is 4. The summed E-state index contributed by atoms with van der Waals surface area (Å²) in [5, 5.41) is 0. The summed E-state index contributed by atoms with van der Waals surface area (Å²) in [6, 6.07) is 0.134.